The number of carbonyl (C=O) groups is 1. The van der Waals surface area contributed by atoms with Crippen LogP contribution in [0.5, 0.6) is 11.5 Å². The molecule has 0 heterocycles. The van der Waals surface area contributed by atoms with E-state index in [0.29, 0.717) is 35.3 Å². The van der Waals surface area contributed by atoms with E-state index in [-0.39, 0.29) is 5.91 Å². The molecular formula is C23H19ClI2N2O3. The fourth-order valence-electron chi connectivity index (χ4n) is 2.66. The number of nitrogens with zero attached hydrogens (tertiary/aromatic N) is 1. The van der Waals surface area contributed by atoms with Crippen molar-refractivity contribution in [2.24, 2.45) is 5.10 Å². The summed E-state index contributed by atoms with van der Waals surface area (Å²) >= 11 is 10.6. The third-order valence-electron chi connectivity index (χ3n) is 4.15. The van der Waals surface area contributed by atoms with Crippen molar-refractivity contribution in [2.45, 2.75) is 13.5 Å². The van der Waals surface area contributed by atoms with Crippen molar-refractivity contribution >= 4 is 68.9 Å². The smallest absolute Gasteiger partial charge is 0.271 e. The van der Waals surface area contributed by atoms with Crippen LogP contribution in [0.1, 0.15) is 28.4 Å². The van der Waals surface area contributed by atoms with Gasteiger partial charge in [-0.05, 0) is 100 Å². The number of halogens is 3. The van der Waals surface area contributed by atoms with Gasteiger partial charge in [0.25, 0.3) is 5.91 Å². The van der Waals surface area contributed by atoms with Crippen molar-refractivity contribution in [1.29, 1.82) is 0 Å². The lowest BCUT2D eigenvalue weighted by atomic mass is 10.2. The summed E-state index contributed by atoms with van der Waals surface area (Å²) in [6, 6.07) is 18.6. The highest BCUT2D eigenvalue weighted by Gasteiger charge is 2.13. The van der Waals surface area contributed by atoms with Gasteiger partial charge in [0.15, 0.2) is 11.5 Å². The Morgan fingerprint density at radius 1 is 1.10 bits per heavy atom. The summed E-state index contributed by atoms with van der Waals surface area (Å²) in [6.45, 7) is 2.73. The normalized spacial score (nSPS) is 10.8. The number of nitrogens with one attached hydrogen (secondary N) is 1. The lowest BCUT2D eigenvalue weighted by Gasteiger charge is -2.15. The van der Waals surface area contributed by atoms with Crippen LogP contribution in [0.25, 0.3) is 0 Å². The summed E-state index contributed by atoms with van der Waals surface area (Å²) in [6.07, 6.45) is 1.58. The molecule has 1 amide bonds. The van der Waals surface area contributed by atoms with E-state index in [9.17, 15) is 4.79 Å². The molecule has 3 rings (SSSR count). The van der Waals surface area contributed by atoms with Gasteiger partial charge in [-0.1, -0.05) is 29.8 Å². The Bertz CT molecular complexity index is 1090. The van der Waals surface area contributed by atoms with Crippen LogP contribution < -0.4 is 14.9 Å². The molecule has 0 fully saturated rings. The molecule has 3 aromatic carbocycles. The molecule has 0 spiro atoms. The molecule has 0 bridgehead atoms. The van der Waals surface area contributed by atoms with E-state index in [2.05, 4.69) is 55.7 Å². The first-order valence-corrected chi connectivity index (χ1v) is 11.9. The molecular weight excluding hydrogens is 642 g/mol. The second kappa shape index (κ2) is 11.7. The Morgan fingerprint density at radius 3 is 2.55 bits per heavy atom. The lowest BCUT2D eigenvalue weighted by molar-refractivity contribution is 0.0955. The number of rotatable bonds is 8. The molecule has 3 aromatic rings. The third-order valence-corrected chi connectivity index (χ3v) is 6.04. The highest BCUT2D eigenvalue weighted by Crippen LogP contribution is 2.35. The first kappa shape index (κ1) is 23.8. The molecule has 31 heavy (non-hydrogen) atoms. The summed E-state index contributed by atoms with van der Waals surface area (Å²) in [5.41, 5.74) is 4.76. The average Bonchev–Trinajstić information content (AvgIpc) is 2.75. The number of hydrazone groups is 1. The molecule has 0 radical (unpaired) electrons. The van der Waals surface area contributed by atoms with Crippen LogP contribution >= 0.6 is 56.8 Å². The van der Waals surface area contributed by atoms with E-state index in [0.717, 1.165) is 18.3 Å². The quantitative estimate of drug-likeness (QED) is 0.176. The minimum absolute atomic E-state index is 0.271. The summed E-state index contributed by atoms with van der Waals surface area (Å²) in [5, 5.41) is 4.73. The second-order valence-electron chi connectivity index (χ2n) is 6.35. The highest BCUT2D eigenvalue weighted by atomic mass is 127. The van der Waals surface area contributed by atoms with E-state index in [4.69, 9.17) is 21.1 Å². The lowest BCUT2D eigenvalue weighted by Crippen LogP contribution is -2.17. The van der Waals surface area contributed by atoms with Crippen LogP contribution in [0.15, 0.2) is 65.8 Å². The summed E-state index contributed by atoms with van der Waals surface area (Å²) in [7, 11) is 0. The first-order valence-electron chi connectivity index (χ1n) is 9.39. The van der Waals surface area contributed by atoms with Crippen LogP contribution in [0.2, 0.25) is 5.02 Å². The van der Waals surface area contributed by atoms with Crippen molar-refractivity contribution in [2.75, 3.05) is 6.61 Å². The summed E-state index contributed by atoms with van der Waals surface area (Å²) in [4.78, 5) is 12.2. The van der Waals surface area contributed by atoms with Crippen molar-refractivity contribution in [1.82, 2.24) is 5.43 Å². The van der Waals surface area contributed by atoms with E-state index < -0.39 is 0 Å². The topological polar surface area (TPSA) is 59.9 Å². The van der Waals surface area contributed by atoms with Gasteiger partial charge in [0.2, 0.25) is 0 Å². The van der Waals surface area contributed by atoms with Crippen molar-refractivity contribution in [3.63, 3.8) is 0 Å². The summed E-state index contributed by atoms with van der Waals surface area (Å²) < 4.78 is 13.7. The Balaban J connectivity index is 1.73. The zero-order valence-electron chi connectivity index (χ0n) is 16.6. The monoisotopic (exact) mass is 660 g/mol. The molecule has 1 N–H and O–H groups in total. The van der Waals surface area contributed by atoms with E-state index in [1.807, 2.05) is 55.5 Å². The van der Waals surface area contributed by atoms with Gasteiger partial charge in [-0.25, -0.2) is 5.43 Å². The van der Waals surface area contributed by atoms with Gasteiger partial charge in [0.05, 0.1) is 16.4 Å². The first-order chi connectivity index (χ1) is 15.0. The van der Waals surface area contributed by atoms with Gasteiger partial charge in [-0.15, -0.1) is 0 Å². The molecule has 8 heteroatoms. The Labute approximate surface area is 213 Å². The maximum absolute atomic E-state index is 12.2. The Hall–Kier alpha value is -1.85. The van der Waals surface area contributed by atoms with Crippen LogP contribution in [0, 0.1) is 7.14 Å². The maximum Gasteiger partial charge on any atom is 0.271 e. The van der Waals surface area contributed by atoms with Gasteiger partial charge < -0.3 is 9.47 Å². The molecule has 0 saturated carbocycles. The molecule has 0 atom stereocenters. The molecule has 0 saturated heterocycles. The fraction of sp³-hybridized carbons (Fsp3) is 0.130. The molecule has 5 nitrogen and oxygen atoms in total. The Morgan fingerprint density at radius 2 is 1.84 bits per heavy atom. The number of hydrogen-bond acceptors (Lipinski definition) is 4. The van der Waals surface area contributed by atoms with E-state index >= 15 is 0 Å². The van der Waals surface area contributed by atoms with Gasteiger partial charge in [-0.2, -0.15) is 5.10 Å². The van der Waals surface area contributed by atoms with Crippen LogP contribution in [0.3, 0.4) is 0 Å². The van der Waals surface area contributed by atoms with E-state index in [1.165, 1.54) is 0 Å². The number of hydrogen-bond donors (Lipinski definition) is 1. The number of benzene rings is 3. The molecule has 160 valence electrons. The molecule has 0 unspecified atom stereocenters. The zero-order valence-corrected chi connectivity index (χ0v) is 21.6. The molecule has 0 aliphatic heterocycles. The standard InChI is InChI=1S/C23H19ClI2N2O3/c1-2-30-21-12-15(13-27-28-23(29)16-7-9-18(25)10-8-16)11-20(26)22(21)31-14-17-5-3-4-6-19(17)24/h3-13H,2,14H2,1H3,(H,28,29)/b27-13-. The van der Waals surface area contributed by atoms with Crippen molar-refractivity contribution in [3.05, 3.63) is 89.5 Å². The molecule has 0 aliphatic rings. The van der Waals surface area contributed by atoms with Gasteiger partial charge in [0, 0.05) is 19.7 Å². The Kier molecular flexibility index (Phi) is 8.97. The molecule has 0 aliphatic carbocycles. The minimum atomic E-state index is -0.271. The van der Waals surface area contributed by atoms with Crippen LogP contribution in [0.4, 0.5) is 0 Å². The second-order valence-corrected chi connectivity index (χ2v) is 9.16. The predicted octanol–water partition coefficient (Wildman–Crippen LogP) is 6.29. The van der Waals surface area contributed by atoms with Crippen LogP contribution in [-0.4, -0.2) is 18.7 Å². The summed E-state index contributed by atoms with van der Waals surface area (Å²) in [5.74, 6) is 0.974. The number of carbonyl (C=O) groups excluding carboxylic acids is 1. The third kappa shape index (κ3) is 6.81. The van der Waals surface area contributed by atoms with Gasteiger partial charge in [0.1, 0.15) is 6.61 Å². The highest BCUT2D eigenvalue weighted by molar-refractivity contribution is 14.1. The fourth-order valence-corrected chi connectivity index (χ4v) is 3.99. The molecule has 0 aromatic heterocycles. The number of ether oxygens (including phenoxy) is 2. The zero-order chi connectivity index (χ0) is 22.2. The van der Waals surface area contributed by atoms with E-state index in [1.54, 1.807) is 18.3 Å². The van der Waals surface area contributed by atoms with Gasteiger partial charge >= 0.3 is 0 Å². The van der Waals surface area contributed by atoms with Crippen LogP contribution in [-0.2, 0) is 6.61 Å². The predicted molar refractivity (Wildman–Crippen MR) is 140 cm³/mol. The SMILES string of the molecule is CCOc1cc(/C=N\NC(=O)c2ccc(I)cc2)cc(I)c1OCc1ccccc1Cl. The minimum Gasteiger partial charge on any atom is -0.490 e. The largest absolute Gasteiger partial charge is 0.490 e. The van der Waals surface area contributed by atoms with Crippen molar-refractivity contribution < 1.29 is 14.3 Å². The maximum atomic E-state index is 12.2. The number of amides is 1. The van der Waals surface area contributed by atoms with Gasteiger partial charge in [-0.3, -0.25) is 4.79 Å². The average molecular weight is 661 g/mol. The van der Waals surface area contributed by atoms with Crippen molar-refractivity contribution in [3.8, 4) is 11.5 Å².